The van der Waals surface area contributed by atoms with E-state index in [1.165, 1.54) is 0 Å². The maximum atomic E-state index is 12.3. The molecule has 0 radical (unpaired) electrons. The molecule has 2 N–H and O–H groups in total. The zero-order valence-corrected chi connectivity index (χ0v) is 20.1. The highest BCUT2D eigenvalue weighted by molar-refractivity contribution is 5.96. The number of aromatic nitrogens is 2. The second-order valence-electron chi connectivity index (χ2n) is 8.01. The van der Waals surface area contributed by atoms with E-state index in [0.29, 0.717) is 17.9 Å². The minimum atomic E-state index is -0.446. The summed E-state index contributed by atoms with van der Waals surface area (Å²) < 4.78 is 7.14. The molecule has 0 bridgehead atoms. The second kappa shape index (κ2) is 11.6. The van der Waals surface area contributed by atoms with Gasteiger partial charge in [-0.1, -0.05) is 48.0 Å². The third kappa shape index (κ3) is 6.24. The largest absolute Gasteiger partial charge is 0.494 e. The zero-order valence-electron chi connectivity index (χ0n) is 20.1. The van der Waals surface area contributed by atoms with Gasteiger partial charge in [0.25, 0.3) is 11.8 Å². The average Bonchev–Trinajstić information content (AvgIpc) is 3.33. The summed E-state index contributed by atoms with van der Waals surface area (Å²) in [6, 6.07) is 24.5. The fourth-order valence-corrected chi connectivity index (χ4v) is 3.48. The van der Waals surface area contributed by atoms with Crippen LogP contribution in [0.3, 0.4) is 0 Å². The van der Waals surface area contributed by atoms with Gasteiger partial charge in [0.1, 0.15) is 11.4 Å². The summed E-state index contributed by atoms with van der Waals surface area (Å²) in [5.74, 6) is -0.123. The first-order chi connectivity index (χ1) is 17.5. The summed E-state index contributed by atoms with van der Waals surface area (Å²) in [5.41, 5.74) is 7.36. The molecule has 1 aromatic heterocycles. The lowest BCUT2D eigenvalue weighted by Crippen LogP contribution is -2.34. The summed E-state index contributed by atoms with van der Waals surface area (Å²) in [4.78, 5) is 24.5. The van der Waals surface area contributed by atoms with E-state index in [-0.39, 0.29) is 12.5 Å². The highest BCUT2D eigenvalue weighted by Gasteiger charge is 2.12. The second-order valence-corrected chi connectivity index (χ2v) is 8.01. The summed E-state index contributed by atoms with van der Waals surface area (Å²) >= 11 is 0. The molecule has 0 saturated carbocycles. The first-order valence-corrected chi connectivity index (χ1v) is 11.6. The Morgan fingerprint density at radius 2 is 1.72 bits per heavy atom. The molecule has 4 aromatic rings. The number of nitrogens with zero attached hydrogens (tertiary/aromatic N) is 3. The van der Waals surface area contributed by atoms with Gasteiger partial charge >= 0.3 is 0 Å². The Labute approximate surface area is 209 Å². The number of carbonyl (C=O) groups excluding carboxylic acids is 2. The summed E-state index contributed by atoms with van der Waals surface area (Å²) in [7, 11) is 0. The zero-order chi connectivity index (χ0) is 25.3. The molecule has 36 heavy (non-hydrogen) atoms. The van der Waals surface area contributed by atoms with E-state index >= 15 is 0 Å². The van der Waals surface area contributed by atoms with Gasteiger partial charge in [0.15, 0.2) is 0 Å². The Kier molecular flexibility index (Phi) is 7.87. The van der Waals surface area contributed by atoms with Crippen LogP contribution in [0.25, 0.3) is 16.9 Å². The first-order valence-electron chi connectivity index (χ1n) is 11.6. The standard InChI is InChI=1S/C28H27N5O3/c1-3-36-25-15-13-22(14-16-25)28(35)29-18-26(34)31-30-17-23-19-33(24-7-5-4-6-8-24)32-27(23)21-11-9-20(2)10-12-21/h4-17,19H,3,18H2,1-2H3,(H,29,35)(H,31,34)/b30-17+. The minimum absolute atomic E-state index is 0.211. The molecule has 0 saturated heterocycles. The predicted molar refractivity (Wildman–Crippen MR) is 139 cm³/mol. The average molecular weight is 482 g/mol. The van der Waals surface area contributed by atoms with Crippen molar-refractivity contribution < 1.29 is 14.3 Å². The SMILES string of the molecule is CCOc1ccc(C(=O)NCC(=O)N/N=C/c2cn(-c3ccccc3)nc2-c2ccc(C)cc2)cc1. The predicted octanol–water partition coefficient (Wildman–Crippen LogP) is 4.13. The number of carbonyl (C=O) groups is 2. The molecule has 0 aliphatic rings. The van der Waals surface area contributed by atoms with E-state index in [4.69, 9.17) is 9.84 Å². The van der Waals surface area contributed by atoms with Crippen molar-refractivity contribution in [1.29, 1.82) is 0 Å². The number of amides is 2. The van der Waals surface area contributed by atoms with E-state index in [2.05, 4.69) is 15.8 Å². The normalized spacial score (nSPS) is 10.8. The van der Waals surface area contributed by atoms with Gasteiger partial charge in [-0.3, -0.25) is 9.59 Å². The van der Waals surface area contributed by atoms with Crippen molar-refractivity contribution in [3.8, 4) is 22.7 Å². The lowest BCUT2D eigenvalue weighted by molar-refractivity contribution is -0.120. The van der Waals surface area contributed by atoms with Crippen molar-refractivity contribution in [2.45, 2.75) is 13.8 Å². The van der Waals surface area contributed by atoms with Crippen molar-refractivity contribution in [2.75, 3.05) is 13.2 Å². The van der Waals surface area contributed by atoms with Crippen LogP contribution in [0, 0.1) is 6.92 Å². The number of hydrogen-bond donors (Lipinski definition) is 2. The number of rotatable bonds is 9. The summed E-state index contributed by atoms with van der Waals surface area (Å²) in [6.07, 6.45) is 3.40. The number of hydrogen-bond acceptors (Lipinski definition) is 5. The van der Waals surface area contributed by atoms with Gasteiger partial charge in [0.2, 0.25) is 0 Å². The highest BCUT2D eigenvalue weighted by Crippen LogP contribution is 2.23. The molecule has 8 heteroatoms. The number of hydrazone groups is 1. The van der Waals surface area contributed by atoms with E-state index in [1.54, 1.807) is 35.2 Å². The van der Waals surface area contributed by atoms with Crippen LogP contribution in [0.15, 0.2) is 90.2 Å². The van der Waals surface area contributed by atoms with E-state index in [1.807, 2.05) is 74.6 Å². The first kappa shape index (κ1) is 24.4. The molecule has 182 valence electrons. The van der Waals surface area contributed by atoms with Crippen molar-refractivity contribution in [3.05, 3.63) is 102 Å². The molecule has 0 atom stereocenters. The smallest absolute Gasteiger partial charge is 0.259 e. The quantitative estimate of drug-likeness (QED) is 0.278. The van der Waals surface area contributed by atoms with Gasteiger partial charge in [-0.05, 0) is 50.2 Å². The van der Waals surface area contributed by atoms with Crippen LogP contribution in [0.2, 0.25) is 0 Å². The van der Waals surface area contributed by atoms with Crippen LogP contribution in [0.5, 0.6) is 5.75 Å². The van der Waals surface area contributed by atoms with Gasteiger partial charge in [-0.2, -0.15) is 10.2 Å². The third-order valence-corrected chi connectivity index (χ3v) is 5.32. The van der Waals surface area contributed by atoms with Gasteiger partial charge in [-0.15, -0.1) is 0 Å². The Hall–Kier alpha value is -4.72. The van der Waals surface area contributed by atoms with Crippen LogP contribution in [0.4, 0.5) is 0 Å². The molecule has 0 aliphatic heterocycles. The van der Waals surface area contributed by atoms with Gasteiger partial charge in [0.05, 0.1) is 25.1 Å². The highest BCUT2D eigenvalue weighted by atomic mass is 16.5. The Morgan fingerprint density at radius 3 is 2.42 bits per heavy atom. The number of para-hydroxylation sites is 1. The Bertz CT molecular complexity index is 1340. The van der Waals surface area contributed by atoms with Gasteiger partial charge in [-0.25, -0.2) is 10.1 Å². The molecular weight excluding hydrogens is 454 g/mol. The molecule has 1 heterocycles. The molecule has 4 rings (SSSR count). The van der Waals surface area contributed by atoms with Crippen LogP contribution in [0.1, 0.15) is 28.4 Å². The number of benzene rings is 3. The lowest BCUT2D eigenvalue weighted by atomic mass is 10.1. The number of nitrogens with one attached hydrogen (secondary N) is 2. The Balaban J connectivity index is 1.41. The fraction of sp³-hybridized carbons (Fsp3) is 0.143. The molecule has 0 unspecified atom stereocenters. The lowest BCUT2D eigenvalue weighted by Gasteiger charge is -2.06. The third-order valence-electron chi connectivity index (χ3n) is 5.32. The maximum Gasteiger partial charge on any atom is 0.259 e. The fourth-order valence-electron chi connectivity index (χ4n) is 3.48. The van der Waals surface area contributed by atoms with Crippen molar-refractivity contribution in [1.82, 2.24) is 20.5 Å². The van der Waals surface area contributed by atoms with E-state index in [0.717, 1.165) is 28.1 Å². The molecule has 0 fully saturated rings. The molecule has 2 amide bonds. The number of ether oxygens (including phenoxy) is 1. The van der Waals surface area contributed by atoms with Crippen molar-refractivity contribution in [2.24, 2.45) is 5.10 Å². The monoisotopic (exact) mass is 481 g/mol. The molecular formula is C28H27N5O3. The van der Waals surface area contributed by atoms with Crippen LogP contribution >= 0.6 is 0 Å². The van der Waals surface area contributed by atoms with Crippen LogP contribution < -0.4 is 15.5 Å². The van der Waals surface area contributed by atoms with Crippen molar-refractivity contribution >= 4 is 18.0 Å². The van der Waals surface area contributed by atoms with Crippen molar-refractivity contribution in [3.63, 3.8) is 0 Å². The minimum Gasteiger partial charge on any atom is -0.494 e. The maximum absolute atomic E-state index is 12.3. The molecule has 0 aliphatic carbocycles. The molecule has 0 spiro atoms. The Morgan fingerprint density at radius 1 is 1.00 bits per heavy atom. The van der Waals surface area contributed by atoms with Crippen LogP contribution in [-0.4, -0.2) is 41.0 Å². The van der Waals surface area contributed by atoms with Gasteiger partial charge < -0.3 is 10.1 Å². The van der Waals surface area contributed by atoms with E-state index in [9.17, 15) is 9.59 Å². The van der Waals surface area contributed by atoms with E-state index < -0.39 is 5.91 Å². The van der Waals surface area contributed by atoms with Crippen LogP contribution in [-0.2, 0) is 4.79 Å². The molecule has 8 nitrogen and oxygen atoms in total. The topological polar surface area (TPSA) is 97.6 Å². The number of aryl methyl sites for hydroxylation is 1. The summed E-state index contributed by atoms with van der Waals surface area (Å²) in [5, 5.41) is 11.4. The van der Waals surface area contributed by atoms with Gasteiger partial charge in [0, 0.05) is 22.9 Å². The molecule has 3 aromatic carbocycles. The summed E-state index contributed by atoms with van der Waals surface area (Å²) in [6.45, 7) is 4.25.